The van der Waals surface area contributed by atoms with Crippen molar-refractivity contribution in [1.29, 1.82) is 0 Å². The molecule has 0 aliphatic carbocycles. The van der Waals surface area contributed by atoms with Gasteiger partial charge in [-0.1, -0.05) is 0 Å². The van der Waals surface area contributed by atoms with Gasteiger partial charge in [0.15, 0.2) is 0 Å². The Balaban J connectivity index is 1.72. The van der Waals surface area contributed by atoms with Crippen molar-refractivity contribution in [3.05, 3.63) is 30.1 Å². The van der Waals surface area contributed by atoms with Gasteiger partial charge in [-0.05, 0) is 13.3 Å². The number of sulfonamides is 1. The zero-order valence-electron chi connectivity index (χ0n) is 13.4. The van der Waals surface area contributed by atoms with Gasteiger partial charge in [-0.25, -0.2) is 18.1 Å². The van der Waals surface area contributed by atoms with E-state index in [1.165, 1.54) is 6.20 Å². The van der Waals surface area contributed by atoms with E-state index in [0.29, 0.717) is 18.8 Å². The van der Waals surface area contributed by atoms with Crippen LogP contribution in [0.2, 0.25) is 0 Å². The number of rotatable bonds is 5. The normalized spacial score (nSPS) is 21.9. The summed E-state index contributed by atoms with van der Waals surface area (Å²) in [6.45, 7) is 2.65. The van der Waals surface area contributed by atoms with Crippen LogP contribution < -0.4 is 4.72 Å². The minimum Gasteiger partial charge on any atom is -0.370 e. The number of hydrogen-bond donors (Lipinski definition) is 1. The predicted molar refractivity (Wildman–Crippen MR) is 83.1 cm³/mol. The molecule has 0 saturated carbocycles. The molecule has 0 bridgehead atoms. The first-order valence-corrected chi connectivity index (χ1v) is 8.95. The van der Waals surface area contributed by atoms with Crippen LogP contribution in [0.3, 0.4) is 0 Å². The molecule has 126 valence electrons. The van der Waals surface area contributed by atoms with E-state index in [-0.39, 0.29) is 16.9 Å². The van der Waals surface area contributed by atoms with Gasteiger partial charge >= 0.3 is 0 Å². The molecule has 1 aliphatic rings. The molecule has 0 spiro atoms. The number of ether oxygens (including phenoxy) is 1. The van der Waals surface area contributed by atoms with Crippen molar-refractivity contribution >= 4 is 10.0 Å². The molecule has 1 N–H and O–H groups in total. The van der Waals surface area contributed by atoms with Gasteiger partial charge in [0, 0.05) is 45.6 Å². The van der Waals surface area contributed by atoms with Gasteiger partial charge in [-0.15, -0.1) is 0 Å². The van der Waals surface area contributed by atoms with E-state index >= 15 is 0 Å². The number of hydrogen-bond acceptors (Lipinski definition) is 5. The summed E-state index contributed by atoms with van der Waals surface area (Å²) in [5.41, 5.74) is 0.612. The number of nitrogens with zero attached hydrogens (tertiary/aromatic N) is 4. The first-order valence-electron chi connectivity index (χ1n) is 7.47. The second kappa shape index (κ2) is 6.06. The highest BCUT2D eigenvalue weighted by molar-refractivity contribution is 7.89. The topological polar surface area (TPSA) is 91.0 Å². The molecule has 0 amide bonds. The smallest absolute Gasteiger partial charge is 0.243 e. The lowest BCUT2D eigenvalue weighted by Crippen LogP contribution is -2.31. The maximum absolute atomic E-state index is 12.5. The first-order chi connectivity index (χ1) is 10.9. The van der Waals surface area contributed by atoms with E-state index in [1.54, 1.807) is 24.9 Å². The van der Waals surface area contributed by atoms with Crippen LogP contribution in [0, 0.1) is 12.8 Å². The Kier molecular flexibility index (Phi) is 4.26. The fraction of sp³-hybridized carbons (Fsp3) is 0.571. The van der Waals surface area contributed by atoms with Crippen LogP contribution in [-0.4, -0.2) is 40.9 Å². The van der Waals surface area contributed by atoms with Crippen LogP contribution in [0.4, 0.5) is 0 Å². The van der Waals surface area contributed by atoms with Crippen LogP contribution in [-0.2, 0) is 28.9 Å². The van der Waals surface area contributed by atoms with E-state index in [9.17, 15) is 8.42 Å². The van der Waals surface area contributed by atoms with Gasteiger partial charge in [0.25, 0.3) is 0 Å². The zero-order chi connectivity index (χ0) is 16.6. The molecule has 0 aromatic carbocycles. The van der Waals surface area contributed by atoms with Gasteiger partial charge in [-0.3, -0.25) is 4.68 Å². The van der Waals surface area contributed by atoms with E-state index in [1.807, 2.05) is 17.8 Å². The molecule has 1 fully saturated rings. The molecular formula is C14H21N5O3S. The van der Waals surface area contributed by atoms with Crippen LogP contribution in [0.5, 0.6) is 0 Å². The highest BCUT2D eigenvalue weighted by Gasteiger charge is 2.33. The molecule has 0 unspecified atom stereocenters. The summed E-state index contributed by atoms with van der Waals surface area (Å²) in [6.07, 6.45) is 5.56. The molecule has 8 nitrogen and oxygen atoms in total. The van der Waals surface area contributed by atoms with Gasteiger partial charge < -0.3 is 9.30 Å². The van der Waals surface area contributed by atoms with Gasteiger partial charge in [0.1, 0.15) is 16.8 Å². The lowest BCUT2D eigenvalue weighted by molar-refractivity contribution is 0.0823. The van der Waals surface area contributed by atoms with Crippen molar-refractivity contribution in [3.8, 4) is 0 Å². The predicted octanol–water partition coefficient (Wildman–Crippen LogP) is 0.518. The minimum absolute atomic E-state index is 0.0582. The van der Waals surface area contributed by atoms with Crippen LogP contribution in [0.15, 0.2) is 23.5 Å². The van der Waals surface area contributed by atoms with Gasteiger partial charge in [-0.2, -0.15) is 5.10 Å². The Bertz CT molecular complexity index is 795. The molecule has 1 aliphatic heterocycles. The molecule has 3 rings (SSSR count). The summed E-state index contributed by atoms with van der Waals surface area (Å²) in [5, 5.41) is 3.99. The second-order valence-electron chi connectivity index (χ2n) is 5.81. The van der Waals surface area contributed by atoms with Crippen molar-refractivity contribution in [3.63, 3.8) is 0 Å². The van der Waals surface area contributed by atoms with Crippen LogP contribution in [0.25, 0.3) is 0 Å². The van der Waals surface area contributed by atoms with Crippen molar-refractivity contribution < 1.29 is 13.2 Å². The van der Waals surface area contributed by atoms with Crippen LogP contribution in [0.1, 0.15) is 24.0 Å². The third kappa shape index (κ3) is 3.04. The molecule has 23 heavy (non-hydrogen) atoms. The molecule has 2 aromatic rings. The fourth-order valence-electron chi connectivity index (χ4n) is 2.82. The number of aromatic nitrogens is 4. The van der Waals surface area contributed by atoms with Gasteiger partial charge in [0.2, 0.25) is 10.0 Å². The molecule has 1 saturated heterocycles. The largest absolute Gasteiger partial charge is 0.370 e. The molecular weight excluding hydrogens is 318 g/mol. The van der Waals surface area contributed by atoms with Crippen LogP contribution >= 0.6 is 0 Å². The van der Waals surface area contributed by atoms with E-state index in [0.717, 1.165) is 12.2 Å². The number of imidazole rings is 1. The number of nitrogens with one attached hydrogen (secondary N) is 1. The fourth-order valence-corrected chi connectivity index (χ4v) is 4.11. The van der Waals surface area contributed by atoms with E-state index < -0.39 is 10.0 Å². The average molecular weight is 339 g/mol. The summed E-state index contributed by atoms with van der Waals surface area (Å²) >= 11 is 0. The summed E-state index contributed by atoms with van der Waals surface area (Å²) < 4.78 is 36.8. The summed E-state index contributed by atoms with van der Waals surface area (Å²) in [4.78, 5) is 4.53. The summed E-state index contributed by atoms with van der Waals surface area (Å²) in [5.74, 6) is 0.882. The second-order valence-corrected chi connectivity index (χ2v) is 7.54. The molecule has 0 radical (unpaired) electrons. The molecule has 3 heterocycles. The average Bonchev–Trinajstić information content (AvgIpc) is 3.19. The minimum atomic E-state index is -3.58. The van der Waals surface area contributed by atoms with Gasteiger partial charge in [0.05, 0.1) is 11.9 Å². The number of aryl methyl sites for hydroxylation is 2. The third-order valence-corrected chi connectivity index (χ3v) is 5.87. The lowest BCUT2D eigenvalue weighted by atomic mass is 10.0. The summed E-state index contributed by atoms with van der Waals surface area (Å²) in [6, 6.07) is 0. The Morgan fingerprint density at radius 2 is 2.22 bits per heavy atom. The quantitative estimate of drug-likeness (QED) is 0.857. The van der Waals surface area contributed by atoms with Crippen molar-refractivity contribution in [2.24, 2.45) is 20.0 Å². The third-order valence-electron chi connectivity index (χ3n) is 4.34. The lowest BCUT2D eigenvalue weighted by Gasteiger charge is -2.18. The highest BCUT2D eigenvalue weighted by Crippen LogP contribution is 2.33. The Morgan fingerprint density at radius 1 is 1.43 bits per heavy atom. The SMILES string of the molecule is Cc1c(S(=O)(=O)NC[C@@H]2CCO[C@H]2c2nccn2C)cnn1C. The maximum Gasteiger partial charge on any atom is 0.243 e. The molecule has 2 atom stereocenters. The Labute approximate surface area is 135 Å². The Morgan fingerprint density at radius 3 is 2.83 bits per heavy atom. The van der Waals surface area contributed by atoms with Crippen molar-refractivity contribution in [1.82, 2.24) is 24.1 Å². The highest BCUT2D eigenvalue weighted by atomic mass is 32.2. The molecule has 2 aromatic heterocycles. The standard InChI is InChI=1S/C14H21N5O3S/c1-10-12(9-16-19(10)3)23(20,21)17-8-11-4-7-22-13(11)14-15-5-6-18(14)2/h5-6,9,11,13,17H,4,7-8H2,1-3H3/t11-,13+/m0/s1. The monoisotopic (exact) mass is 339 g/mol. The Hall–Kier alpha value is -1.71. The van der Waals surface area contributed by atoms with E-state index in [4.69, 9.17) is 4.74 Å². The first kappa shape index (κ1) is 16.2. The summed E-state index contributed by atoms with van der Waals surface area (Å²) in [7, 11) is 0.0495. The molecule has 9 heteroatoms. The zero-order valence-corrected chi connectivity index (χ0v) is 14.2. The van der Waals surface area contributed by atoms with E-state index in [2.05, 4.69) is 14.8 Å². The maximum atomic E-state index is 12.5. The van der Waals surface area contributed by atoms with Crippen molar-refractivity contribution in [2.45, 2.75) is 24.3 Å². The van der Waals surface area contributed by atoms with Crippen molar-refractivity contribution in [2.75, 3.05) is 13.2 Å².